The zero-order valence-corrected chi connectivity index (χ0v) is 14.7. The Morgan fingerprint density at radius 3 is 2.65 bits per heavy atom. The van der Waals surface area contributed by atoms with Gasteiger partial charge in [0.15, 0.2) is 11.6 Å². The number of carbonyl (C=O) groups is 2. The zero-order valence-electron chi connectivity index (χ0n) is 13.9. The van der Waals surface area contributed by atoms with Gasteiger partial charge in [-0.2, -0.15) is 0 Å². The van der Waals surface area contributed by atoms with Gasteiger partial charge in [0, 0.05) is 35.6 Å². The minimum Gasteiger partial charge on any atom is -0.324 e. The molecule has 0 radical (unpaired) electrons. The summed E-state index contributed by atoms with van der Waals surface area (Å²) in [5.41, 5.74) is 1.67. The molecule has 1 aliphatic rings. The highest BCUT2D eigenvalue weighted by Gasteiger charge is 2.31. The Morgan fingerprint density at radius 1 is 1.15 bits per heavy atom. The van der Waals surface area contributed by atoms with Gasteiger partial charge in [-0.15, -0.1) is 0 Å². The molecule has 5 nitrogen and oxygen atoms in total. The normalized spacial score (nSPS) is 14.1. The van der Waals surface area contributed by atoms with Gasteiger partial charge in [0.25, 0.3) is 0 Å². The van der Waals surface area contributed by atoms with Crippen LogP contribution >= 0.6 is 11.6 Å². The molecule has 0 bridgehead atoms. The SMILES string of the molecule is Cc1ccc(Cl)cc1NC(=O)CN1CCN(c2ccc(F)c(F)c2)C1=O. The minimum absolute atomic E-state index is 0.148. The molecule has 1 N–H and O–H groups in total. The molecule has 1 fully saturated rings. The van der Waals surface area contributed by atoms with E-state index in [1.54, 1.807) is 18.2 Å². The van der Waals surface area contributed by atoms with Crippen molar-refractivity contribution in [1.82, 2.24) is 4.90 Å². The van der Waals surface area contributed by atoms with Crippen molar-refractivity contribution in [2.75, 3.05) is 29.9 Å². The molecule has 3 amide bonds. The van der Waals surface area contributed by atoms with Crippen LogP contribution in [0.3, 0.4) is 0 Å². The molecule has 2 aromatic rings. The molecule has 3 rings (SSSR count). The van der Waals surface area contributed by atoms with Gasteiger partial charge in [-0.3, -0.25) is 9.69 Å². The summed E-state index contributed by atoms with van der Waals surface area (Å²) in [5.74, 6) is -2.37. The predicted octanol–water partition coefficient (Wildman–Crippen LogP) is 3.81. The van der Waals surface area contributed by atoms with Gasteiger partial charge in [0.1, 0.15) is 6.54 Å². The molecular formula is C18H16ClF2N3O2. The summed E-state index contributed by atoms with van der Waals surface area (Å²) < 4.78 is 26.4. The summed E-state index contributed by atoms with van der Waals surface area (Å²) in [6.45, 7) is 2.27. The summed E-state index contributed by atoms with van der Waals surface area (Å²) in [6, 6.07) is 7.96. The number of nitrogens with zero attached hydrogens (tertiary/aromatic N) is 2. The van der Waals surface area contributed by atoms with Crippen molar-refractivity contribution in [2.24, 2.45) is 0 Å². The second-order valence-electron chi connectivity index (χ2n) is 5.96. The van der Waals surface area contributed by atoms with Gasteiger partial charge < -0.3 is 10.2 Å². The van der Waals surface area contributed by atoms with E-state index in [2.05, 4.69) is 5.32 Å². The van der Waals surface area contributed by atoms with Crippen molar-refractivity contribution in [3.63, 3.8) is 0 Å². The maximum absolute atomic E-state index is 13.4. The molecule has 1 saturated heterocycles. The fourth-order valence-electron chi connectivity index (χ4n) is 2.71. The van der Waals surface area contributed by atoms with Gasteiger partial charge in [-0.25, -0.2) is 13.6 Å². The molecule has 0 spiro atoms. The Morgan fingerprint density at radius 2 is 1.92 bits per heavy atom. The van der Waals surface area contributed by atoms with E-state index in [4.69, 9.17) is 11.6 Å². The molecule has 26 heavy (non-hydrogen) atoms. The number of hydrogen-bond donors (Lipinski definition) is 1. The van der Waals surface area contributed by atoms with E-state index >= 15 is 0 Å². The highest BCUT2D eigenvalue weighted by atomic mass is 35.5. The lowest BCUT2D eigenvalue weighted by Crippen LogP contribution is -2.37. The lowest BCUT2D eigenvalue weighted by Gasteiger charge is -2.19. The van der Waals surface area contributed by atoms with Gasteiger partial charge in [0.05, 0.1) is 0 Å². The molecule has 0 aliphatic carbocycles. The average Bonchev–Trinajstić information content (AvgIpc) is 2.94. The summed E-state index contributed by atoms with van der Waals surface area (Å²) in [4.78, 5) is 27.3. The third kappa shape index (κ3) is 3.77. The molecule has 1 heterocycles. The smallest absolute Gasteiger partial charge is 0.324 e. The van der Waals surface area contributed by atoms with Gasteiger partial charge in [-0.1, -0.05) is 17.7 Å². The van der Waals surface area contributed by atoms with E-state index < -0.39 is 17.7 Å². The van der Waals surface area contributed by atoms with Crippen LogP contribution in [0.4, 0.5) is 25.0 Å². The standard InChI is InChI=1S/C18H16ClF2N3O2/c1-11-2-3-12(19)8-16(11)22-17(25)10-23-6-7-24(18(23)26)13-4-5-14(20)15(21)9-13/h2-5,8-9H,6-7,10H2,1H3,(H,22,25). The first kappa shape index (κ1) is 18.1. The molecule has 1 aliphatic heterocycles. The number of rotatable bonds is 4. The number of urea groups is 1. The van der Waals surface area contributed by atoms with Crippen molar-refractivity contribution in [2.45, 2.75) is 6.92 Å². The monoisotopic (exact) mass is 379 g/mol. The maximum atomic E-state index is 13.4. The van der Waals surface area contributed by atoms with E-state index in [9.17, 15) is 18.4 Å². The van der Waals surface area contributed by atoms with E-state index in [0.717, 1.165) is 17.7 Å². The summed E-state index contributed by atoms with van der Waals surface area (Å²) in [7, 11) is 0. The zero-order chi connectivity index (χ0) is 18.8. The van der Waals surface area contributed by atoms with Crippen LogP contribution in [0.15, 0.2) is 36.4 Å². The fourth-order valence-corrected chi connectivity index (χ4v) is 2.89. The van der Waals surface area contributed by atoms with Crippen LogP contribution in [0.25, 0.3) is 0 Å². The number of aryl methyl sites for hydroxylation is 1. The average molecular weight is 380 g/mol. The molecule has 2 aromatic carbocycles. The van der Waals surface area contributed by atoms with Crippen LogP contribution in [0.2, 0.25) is 5.02 Å². The lowest BCUT2D eigenvalue weighted by molar-refractivity contribution is -0.116. The maximum Gasteiger partial charge on any atom is 0.325 e. The topological polar surface area (TPSA) is 52.7 Å². The largest absolute Gasteiger partial charge is 0.325 e. The Bertz CT molecular complexity index is 876. The second-order valence-corrected chi connectivity index (χ2v) is 6.40. The Balaban J connectivity index is 1.65. The molecule has 0 aromatic heterocycles. The highest BCUT2D eigenvalue weighted by Crippen LogP contribution is 2.23. The van der Waals surface area contributed by atoms with Crippen LogP contribution in [0, 0.1) is 18.6 Å². The van der Waals surface area contributed by atoms with E-state index in [0.29, 0.717) is 17.3 Å². The van der Waals surface area contributed by atoms with E-state index in [1.807, 2.05) is 6.92 Å². The molecule has 0 saturated carbocycles. The summed E-state index contributed by atoms with van der Waals surface area (Å²) in [6.07, 6.45) is 0. The number of nitrogens with one attached hydrogen (secondary N) is 1. The number of hydrogen-bond acceptors (Lipinski definition) is 2. The van der Waals surface area contributed by atoms with E-state index in [-0.39, 0.29) is 24.7 Å². The van der Waals surface area contributed by atoms with Crippen LogP contribution in [0.5, 0.6) is 0 Å². The van der Waals surface area contributed by atoms with Crippen molar-refractivity contribution in [3.05, 3.63) is 58.6 Å². The van der Waals surface area contributed by atoms with Crippen molar-refractivity contribution in [3.8, 4) is 0 Å². The summed E-state index contributed by atoms with van der Waals surface area (Å²) in [5, 5.41) is 3.22. The van der Waals surface area contributed by atoms with Crippen LogP contribution in [-0.2, 0) is 4.79 Å². The van der Waals surface area contributed by atoms with Gasteiger partial charge in [0.2, 0.25) is 5.91 Å². The molecule has 8 heteroatoms. The first-order valence-corrected chi connectivity index (χ1v) is 8.30. The van der Waals surface area contributed by atoms with Crippen LogP contribution in [0.1, 0.15) is 5.56 Å². The van der Waals surface area contributed by atoms with Gasteiger partial charge in [-0.05, 0) is 36.8 Å². The van der Waals surface area contributed by atoms with Gasteiger partial charge >= 0.3 is 6.03 Å². The van der Waals surface area contributed by atoms with Crippen molar-refractivity contribution in [1.29, 1.82) is 0 Å². The van der Waals surface area contributed by atoms with Crippen molar-refractivity contribution >= 4 is 34.9 Å². The quantitative estimate of drug-likeness (QED) is 0.878. The third-order valence-corrected chi connectivity index (χ3v) is 4.35. The predicted molar refractivity (Wildman–Crippen MR) is 95.5 cm³/mol. The molecule has 0 atom stereocenters. The number of carbonyl (C=O) groups excluding carboxylic acids is 2. The van der Waals surface area contributed by atoms with Crippen molar-refractivity contribution < 1.29 is 18.4 Å². The van der Waals surface area contributed by atoms with Crippen LogP contribution in [-0.4, -0.2) is 36.5 Å². The first-order valence-electron chi connectivity index (χ1n) is 7.92. The number of halogens is 3. The molecular weight excluding hydrogens is 364 g/mol. The lowest BCUT2D eigenvalue weighted by atomic mass is 10.2. The van der Waals surface area contributed by atoms with E-state index in [1.165, 1.54) is 15.9 Å². The third-order valence-electron chi connectivity index (χ3n) is 4.12. The Labute approximate surface area is 154 Å². The number of benzene rings is 2. The summed E-state index contributed by atoms with van der Waals surface area (Å²) >= 11 is 5.92. The fraction of sp³-hybridized carbons (Fsp3) is 0.222. The first-order chi connectivity index (χ1) is 12.3. The molecule has 136 valence electrons. The minimum atomic E-state index is -1.03. The highest BCUT2D eigenvalue weighted by molar-refractivity contribution is 6.31. The number of anilines is 2. The Kier molecular flexibility index (Phi) is 5.08. The Hall–Kier alpha value is -2.67. The van der Waals surface area contributed by atoms with Crippen LogP contribution < -0.4 is 10.2 Å². The second kappa shape index (κ2) is 7.29. The molecule has 0 unspecified atom stereocenters. The number of amides is 3.